The molecule has 0 spiro atoms. The van der Waals surface area contributed by atoms with Crippen LogP contribution in [0.15, 0.2) is 0 Å². The molecule has 1 unspecified atom stereocenters. The van der Waals surface area contributed by atoms with Gasteiger partial charge in [-0.25, -0.2) is 0 Å². The number of rotatable bonds is 11. The van der Waals surface area contributed by atoms with E-state index in [0.717, 1.165) is 25.5 Å². The Morgan fingerprint density at radius 2 is 1.95 bits per heavy atom. The summed E-state index contributed by atoms with van der Waals surface area (Å²) in [6, 6.07) is 0. The second-order valence-electron chi connectivity index (χ2n) is 5.48. The van der Waals surface area contributed by atoms with E-state index in [1.807, 2.05) is 20.8 Å². The van der Waals surface area contributed by atoms with E-state index in [1.54, 1.807) is 0 Å². The topological polar surface area (TPSA) is 47.6 Å². The molecule has 0 aliphatic carbocycles. The lowest BCUT2D eigenvalue weighted by molar-refractivity contribution is -0.151. The lowest BCUT2D eigenvalue weighted by Gasteiger charge is -2.28. The molecule has 0 aromatic carbocycles. The number of nitrogens with one attached hydrogen (secondary N) is 1. The molecular weight excluding hydrogens is 242 g/mol. The largest absolute Gasteiger partial charge is 0.465 e. The molecule has 0 aliphatic heterocycles. The minimum absolute atomic E-state index is 0.192. The normalized spacial score (nSPS) is 14.4. The molecule has 4 heteroatoms. The third-order valence-electron chi connectivity index (χ3n) is 3.11. The van der Waals surface area contributed by atoms with E-state index in [-0.39, 0.29) is 5.97 Å². The van der Waals surface area contributed by atoms with Crippen LogP contribution in [0.25, 0.3) is 0 Å². The van der Waals surface area contributed by atoms with Crippen molar-refractivity contribution in [3.05, 3.63) is 0 Å². The van der Waals surface area contributed by atoms with Crippen LogP contribution in [0.1, 0.15) is 53.9 Å². The van der Waals surface area contributed by atoms with Crippen molar-refractivity contribution in [2.45, 2.75) is 59.4 Å². The number of hydrogen-bond donors (Lipinski definition) is 1. The van der Waals surface area contributed by atoms with Gasteiger partial charge in [-0.2, -0.15) is 0 Å². The quantitative estimate of drug-likeness (QED) is 0.464. The standard InChI is InChI=1S/C15H31NO3/c1-6-16-15(5,14(17)19-7-2)10-12-18-11-8-9-13(3)4/h13,16H,6-12H2,1-5H3. The molecule has 4 nitrogen and oxygen atoms in total. The fraction of sp³-hybridized carbons (Fsp3) is 0.933. The number of carbonyl (C=O) groups excluding carboxylic acids is 1. The summed E-state index contributed by atoms with van der Waals surface area (Å²) >= 11 is 0. The average Bonchev–Trinajstić information content (AvgIpc) is 2.34. The van der Waals surface area contributed by atoms with Crippen LogP contribution in [0, 0.1) is 5.92 Å². The van der Waals surface area contributed by atoms with E-state index >= 15 is 0 Å². The van der Waals surface area contributed by atoms with Crippen LogP contribution in [0.2, 0.25) is 0 Å². The minimum Gasteiger partial charge on any atom is -0.465 e. The van der Waals surface area contributed by atoms with Crippen LogP contribution in [-0.4, -0.2) is 37.9 Å². The van der Waals surface area contributed by atoms with Crippen molar-refractivity contribution >= 4 is 5.97 Å². The first-order chi connectivity index (χ1) is 8.96. The van der Waals surface area contributed by atoms with E-state index in [0.29, 0.717) is 19.6 Å². The Kier molecular flexibility index (Phi) is 9.88. The Morgan fingerprint density at radius 3 is 2.47 bits per heavy atom. The number of carbonyl (C=O) groups is 1. The summed E-state index contributed by atoms with van der Waals surface area (Å²) in [5.41, 5.74) is -0.636. The first-order valence-corrected chi connectivity index (χ1v) is 7.46. The maximum absolute atomic E-state index is 11.9. The van der Waals surface area contributed by atoms with Gasteiger partial charge in [0, 0.05) is 13.2 Å². The smallest absolute Gasteiger partial charge is 0.326 e. The lowest BCUT2D eigenvalue weighted by atomic mass is 9.98. The predicted octanol–water partition coefficient (Wildman–Crippen LogP) is 2.76. The molecule has 0 fully saturated rings. The molecule has 0 amide bonds. The van der Waals surface area contributed by atoms with Gasteiger partial charge < -0.3 is 14.8 Å². The first kappa shape index (κ1) is 18.4. The van der Waals surface area contributed by atoms with Crippen molar-refractivity contribution in [3.8, 4) is 0 Å². The first-order valence-electron chi connectivity index (χ1n) is 7.46. The van der Waals surface area contributed by atoms with Crippen LogP contribution in [0.3, 0.4) is 0 Å². The van der Waals surface area contributed by atoms with Crippen molar-refractivity contribution in [1.29, 1.82) is 0 Å². The Bertz CT molecular complexity index is 244. The van der Waals surface area contributed by atoms with Gasteiger partial charge in [-0.05, 0) is 45.6 Å². The third kappa shape index (κ3) is 8.22. The number of likely N-dealkylation sites (N-methyl/N-ethyl adjacent to an activating group) is 1. The van der Waals surface area contributed by atoms with Crippen molar-refractivity contribution < 1.29 is 14.3 Å². The van der Waals surface area contributed by atoms with Crippen molar-refractivity contribution in [1.82, 2.24) is 5.32 Å². The Balaban J connectivity index is 3.97. The molecule has 0 bridgehead atoms. The van der Waals surface area contributed by atoms with E-state index in [4.69, 9.17) is 9.47 Å². The van der Waals surface area contributed by atoms with E-state index in [1.165, 1.54) is 6.42 Å². The third-order valence-corrected chi connectivity index (χ3v) is 3.11. The fourth-order valence-electron chi connectivity index (χ4n) is 1.92. The second-order valence-corrected chi connectivity index (χ2v) is 5.48. The zero-order valence-electron chi connectivity index (χ0n) is 13.3. The molecule has 0 aliphatic rings. The van der Waals surface area contributed by atoms with Crippen molar-refractivity contribution in [2.24, 2.45) is 5.92 Å². The molecule has 114 valence electrons. The molecule has 0 heterocycles. The summed E-state index contributed by atoms with van der Waals surface area (Å²) in [6.45, 7) is 12.6. The Hall–Kier alpha value is -0.610. The van der Waals surface area contributed by atoms with Gasteiger partial charge in [0.05, 0.1) is 6.61 Å². The van der Waals surface area contributed by atoms with Gasteiger partial charge in [0.1, 0.15) is 5.54 Å². The molecular formula is C15H31NO3. The average molecular weight is 273 g/mol. The molecule has 0 saturated carbocycles. The van der Waals surface area contributed by atoms with Crippen LogP contribution >= 0.6 is 0 Å². The summed E-state index contributed by atoms with van der Waals surface area (Å²) in [7, 11) is 0. The van der Waals surface area contributed by atoms with Crippen LogP contribution in [0.5, 0.6) is 0 Å². The van der Waals surface area contributed by atoms with E-state index in [2.05, 4.69) is 19.2 Å². The fourth-order valence-corrected chi connectivity index (χ4v) is 1.92. The number of esters is 1. The second kappa shape index (κ2) is 10.2. The summed E-state index contributed by atoms with van der Waals surface area (Å²) in [4.78, 5) is 11.9. The molecule has 0 aromatic heterocycles. The molecule has 1 N–H and O–H groups in total. The van der Waals surface area contributed by atoms with Gasteiger partial charge in [0.15, 0.2) is 0 Å². The SMILES string of the molecule is CCNC(C)(CCOCCCC(C)C)C(=O)OCC. The zero-order chi connectivity index (χ0) is 14.7. The molecule has 0 rings (SSSR count). The number of hydrogen-bond acceptors (Lipinski definition) is 4. The van der Waals surface area contributed by atoms with Gasteiger partial charge in [-0.3, -0.25) is 4.79 Å². The highest BCUT2D eigenvalue weighted by Crippen LogP contribution is 2.13. The predicted molar refractivity (Wildman–Crippen MR) is 78.2 cm³/mol. The van der Waals surface area contributed by atoms with Crippen molar-refractivity contribution in [2.75, 3.05) is 26.4 Å². The molecule has 0 aromatic rings. The Morgan fingerprint density at radius 1 is 1.26 bits per heavy atom. The summed E-state index contributed by atoms with van der Waals surface area (Å²) in [6.07, 6.45) is 2.90. The molecule has 0 saturated heterocycles. The van der Waals surface area contributed by atoms with Gasteiger partial charge in [0.2, 0.25) is 0 Å². The van der Waals surface area contributed by atoms with Gasteiger partial charge in [-0.15, -0.1) is 0 Å². The maximum atomic E-state index is 11.9. The van der Waals surface area contributed by atoms with Crippen LogP contribution in [-0.2, 0) is 14.3 Å². The lowest BCUT2D eigenvalue weighted by Crippen LogP contribution is -2.51. The molecule has 0 radical (unpaired) electrons. The van der Waals surface area contributed by atoms with Crippen LogP contribution < -0.4 is 5.32 Å². The highest BCUT2D eigenvalue weighted by atomic mass is 16.5. The summed E-state index contributed by atoms with van der Waals surface area (Å²) < 4.78 is 10.7. The van der Waals surface area contributed by atoms with Gasteiger partial charge in [0.25, 0.3) is 0 Å². The highest BCUT2D eigenvalue weighted by Gasteiger charge is 2.33. The monoisotopic (exact) mass is 273 g/mol. The van der Waals surface area contributed by atoms with Crippen LogP contribution in [0.4, 0.5) is 0 Å². The number of ether oxygens (including phenoxy) is 2. The zero-order valence-corrected chi connectivity index (χ0v) is 13.3. The highest BCUT2D eigenvalue weighted by molar-refractivity contribution is 5.80. The van der Waals surface area contributed by atoms with Crippen molar-refractivity contribution in [3.63, 3.8) is 0 Å². The Labute approximate surface area is 118 Å². The van der Waals surface area contributed by atoms with E-state index in [9.17, 15) is 4.79 Å². The summed E-state index contributed by atoms with van der Waals surface area (Å²) in [5, 5.41) is 3.20. The molecule has 19 heavy (non-hydrogen) atoms. The summed E-state index contributed by atoms with van der Waals surface area (Å²) in [5.74, 6) is 0.526. The minimum atomic E-state index is -0.636. The van der Waals surface area contributed by atoms with Gasteiger partial charge in [-0.1, -0.05) is 20.8 Å². The van der Waals surface area contributed by atoms with Gasteiger partial charge >= 0.3 is 5.97 Å². The molecule has 1 atom stereocenters. The van der Waals surface area contributed by atoms with E-state index < -0.39 is 5.54 Å². The maximum Gasteiger partial charge on any atom is 0.326 e.